The number of imidazole rings is 1. The number of nitrogens with two attached hydrogens (primary N) is 1. The number of aromatic nitrogens is 3. The van der Waals surface area contributed by atoms with Crippen LogP contribution in [0.15, 0.2) is 36.7 Å². The third kappa shape index (κ3) is 1.62. The lowest BCUT2D eigenvalue weighted by Crippen LogP contribution is -1.94. The molecule has 0 radical (unpaired) electrons. The van der Waals surface area contributed by atoms with Crippen molar-refractivity contribution in [2.45, 2.75) is 6.92 Å². The van der Waals surface area contributed by atoms with Crippen LogP contribution in [0.1, 0.15) is 5.82 Å². The van der Waals surface area contributed by atoms with Crippen molar-refractivity contribution in [3.63, 3.8) is 0 Å². The van der Waals surface area contributed by atoms with Crippen LogP contribution in [0.2, 0.25) is 0 Å². The minimum absolute atomic E-state index is 0.542. The van der Waals surface area contributed by atoms with Crippen molar-refractivity contribution in [3.8, 4) is 11.3 Å². The second kappa shape index (κ2) is 3.84. The molecular formula is C14H14N4. The van der Waals surface area contributed by atoms with Crippen LogP contribution >= 0.6 is 0 Å². The molecule has 3 aromatic rings. The van der Waals surface area contributed by atoms with E-state index in [1.165, 1.54) is 0 Å². The van der Waals surface area contributed by atoms with E-state index in [4.69, 9.17) is 5.73 Å². The summed E-state index contributed by atoms with van der Waals surface area (Å²) in [6.45, 7) is 1.99. The van der Waals surface area contributed by atoms with E-state index in [0.717, 1.165) is 27.9 Å². The van der Waals surface area contributed by atoms with Crippen LogP contribution in [0.5, 0.6) is 0 Å². The van der Waals surface area contributed by atoms with E-state index in [2.05, 4.69) is 32.7 Å². The average Bonchev–Trinajstić information content (AvgIpc) is 2.69. The molecule has 2 heterocycles. The fraction of sp³-hybridized carbons (Fsp3) is 0.143. The number of anilines is 1. The predicted octanol–water partition coefficient (Wildman–Crippen LogP) is 2.53. The minimum Gasteiger partial charge on any atom is -0.384 e. The van der Waals surface area contributed by atoms with Gasteiger partial charge in [0.15, 0.2) is 0 Å². The number of hydrogen-bond acceptors (Lipinski definition) is 3. The molecule has 0 aliphatic heterocycles. The molecule has 0 bridgehead atoms. The zero-order chi connectivity index (χ0) is 12.7. The predicted molar refractivity (Wildman–Crippen MR) is 73.1 cm³/mol. The van der Waals surface area contributed by atoms with Crippen LogP contribution < -0.4 is 5.73 Å². The summed E-state index contributed by atoms with van der Waals surface area (Å²) in [6, 6.07) is 8.14. The highest BCUT2D eigenvalue weighted by atomic mass is 15.0. The van der Waals surface area contributed by atoms with Crippen molar-refractivity contribution < 1.29 is 0 Å². The first-order chi connectivity index (χ1) is 8.65. The summed E-state index contributed by atoms with van der Waals surface area (Å²) in [5, 5.41) is 2.19. The number of fused-ring (bicyclic) bond motifs is 1. The van der Waals surface area contributed by atoms with Crippen LogP contribution in [0, 0.1) is 6.92 Å². The largest absolute Gasteiger partial charge is 0.384 e. The number of rotatable bonds is 1. The van der Waals surface area contributed by atoms with Gasteiger partial charge < -0.3 is 10.3 Å². The van der Waals surface area contributed by atoms with Crippen molar-refractivity contribution in [1.29, 1.82) is 0 Å². The van der Waals surface area contributed by atoms with Gasteiger partial charge in [-0.2, -0.15) is 0 Å². The smallest absolute Gasteiger partial charge is 0.123 e. The summed E-state index contributed by atoms with van der Waals surface area (Å²) >= 11 is 0. The van der Waals surface area contributed by atoms with Crippen molar-refractivity contribution in [1.82, 2.24) is 14.5 Å². The molecule has 0 atom stereocenters. The Kier molecular flexibility index (Phi) is 2.30. The van der Waals surface area contributed by atoms with Crippen LogP contribution in [-0.4, -0.2) is 14.5 Å². The number of hydrogen-bond donors (Lipinski definition) is 1. The van der Waals surface area contributed by atoms with Gasteiger partial charge in [-0.1, -0.05) is 12.1 Å². The second-order valence-corrected chi connectivity index (χ2v) is 4.42. The van der Waals surface area contributed by atoms with Crippen LogP contribution in [0.4, 0.5) is 5.82 Å². The molecule has 2 N–H and O–H groups in total. The van der Waals surface area contributed by atoms with Gasteiger partial charge >= 0.3 is 0 Å². The van der Waals surface area contributed by atoms with Crippen molar-refractivity contribution in [2.24, 2.45) is 7.05 Å². The first-order valence-corrected chi connectivity index (χ1v) is 5.79. The van der Waals surface area contributed by atoms with E-state index in [-0.39, 0.29) is 0 Å². The normalized spacial score (nSPS) is 11.0. The molecular weight excluding hydrogens is 224 g/mol. The first-order valence-electron chi connectivity index (χ1n) is 5.79. The number of aryl methyl sites for hydroxylation is 1. The van der Waals surface area contributed by atoms with Crippen molar-refractivity contribution in [3.05, 3.63) is 42.5 Å². The Morgan fingerprint density at radius 2 is 1.89 bits per heavy atom. The molecule has 3 rings (SSSR count). The summed E-state index contributed by atoms with van der Waals surface area (Å²) in [5.41, 5.74) is 7.96. The molecule has 0 aliphatic carbocycles. The zero-order valence-electron chi connectivity index (χ0n) is 10.4. The van der Waals surface area contributed by atoms with Gasteiger partial charge in [-0.15, -0.1) is 0 Å². The monoisotopic (exact) mass is 238 g/mol. The fourth-order valence-electron chi connectivity index (χ4n) is 2.09. The van der Waals surface area contributed by atoms with Gasteiger partial charge in [-0.05, 0) is 24.4 Å². The number of pyridine rings is 1. The van der Waals surface area contributed by atoms with Gasteiger partial charge in [0.2, 0.25) is 0 Å². The van der Waals surface area contributed by atoms with Gasteiger partial charge in [0.05, 0.1) is 11.9 Å². The SMILES string of the molecule is Cc1ncc(-c2ccc3cnc(N)cc3c2)n1C. The summed E-state index contributed by atoms with van der Waals surface area (Å²) in [5.74, 6) is 1.54. The fourth-order valence-corrected chi connectivity index (χ4v) is 2.09. The lowest BCUT2D eigenvalue weighted by Gasteiger charge is -2.06. The molecule has 0 amide bonds. The summed E-state index contributed by atoms with van der Waals surface area (Å²) in [4.78, 5) is 8.41. The van der Waals surface area contributed by atoms with E-state index < -0.39 is 0 Å². The molecule has 0 fully saturated rings. The Morgan fingerprint density at radius 1 is 1.06 bits per heavy atom. The van der Waals surface area contributed by atoms with Crippen molar-refractivity contribution >= 4 is 16.6 Å². The standard InChI is InChI=1S/C14H14N4/c1-9-16-8-13(18(9)2)10-3-4-11-7-17-14(15)6-12(11)5-10/h3-8H,1-2H3,(H2,15,17). The molecule has 4 heteroatoms. The summed E-state index contributed by atoms with van der Waals surface area (Å²) in [6.07, 6.45) is 3.68. The Bertz CT molecular complexity index is 728. The highest BCUT2D eigenvalue weighted by Gasteiger charge is 2.06. The van der Waals surface area contributed by atoms with E-state index in [1.807, 2.05) is 26.2 Å². The Balaban J connectivity index is 2.21. The van der Waals surface area contributed by atoms with E-state index in [0.29, 0.717) is 5.82 Å². The van der Waals surface area contributed by atoms with E-state index in [9.17, 15) is 0 Å². The molecule has 0 saturated heterocycles. The summed E-state index contributed by atoms with van der Waals surface area (Å²) < 4.78 is 2.08. The van der Waals surface area contributed by atoms with Gasteiger partial charge in [-0.25, -0.2) is 9.97 Å². The van der Waals surface area contributed by atoms with Gasteiger partial charge in [0.25, 0.3) is 0 Å². The molecule has 0 spiro atoms. The first kappa shape index (κ1) is 10.8. The summed E-state index contributed by atoms with van der Waals surface area (Å²) in [7, 11) is 2.02. The van der Waals surface area contributed by atoms with Crippen LogP contribution in [0.25, 0.3) is 22.0 Å². The lowest BCUT2D eigenvalue weighted by molar-refractivity contribution is 0.865. The number of nitrogen functional groups attached to an aromatic ring is 1. The molecule has 18 heavy (non-hydrogen) atoms. The second-order valence-electron chi connectivity index (χ2n) is 4.42. The van der Waals surface area contributed by atoms with Gasteiger partial charge in [0.1, 0.15) is 11.6 Å². The molecule has 1 aromatic carbocycles. The maximum atomic E-state index is 5.72. The maximum absolute atomic E-state index is 5.72. The van der Waals surface area contributed by atoms with Crippen molar-refractivity contribution in [2.75, 3.05) is 5.73 Å². The number of nitrogens with zero attached hydrogens (tertiary/aromatic N) is 3. The maximum Gasteiger partial charge on any atom is 0.123 e. The third-order valence-corrected chi connectivity index (χ3v) is 3.26. The highest BCUT2D eigenvalue weighted by Crippen LogP contribution is 2.25. The van der Waals surface area contributed by atoms with Gasteiger partial charge in [0, 0.05) is 24.2 Å². The highest BCUT2D eigenvalue weighted by molar-refractivity contribution is 5.87. The molecule has 0 unspecified atom stereocenters. The quantitative estimate of drug-likeness (QED) is 0.708. The Morgan fingerprint density at radius 3 is 2.61 bits per heavy atom. The molecule has 4 nitrogen and oxygen atoms in total. The third-order valence-electron chi connectivity index (χ3n) is 3.26. The van der Waals surface area contributed by atoms with Gasteiger partial charge in [-0.3, -0.25) is 0 Å². The topological polar surface area (TPSA) is 56.7 Å². The Hall–Kier alpha value is -2.36. The molecule has 90 valence electrons. The van der Waals surface area contributed by atoms with E-state index >= 15 is 0 Å². The molecule has 0 aliphatic rings. The minimum atomic E-state index is 0.542. The lowest BCUT2D eigenvalue weighted by atomic mass is 10.1. The average molecular weight is 238 g/mol. The molecule has 0 saturated carbocycles. The Labute approximate surface area is 105 Å². The number of benzene rings is 1. The zero-order valence-corrected chi connectivity index (χ0v) is 10.4. The molecule has 2 aromatic heterocycles. The van der Waals surface area contributed by atoms with E-state index in [1.54, 1.807) is 6.20 Å². The van der Waals surface area contributed by atoms with Crippen LogP contribution in [-0.2, 0) is 7.05 Å². The van der Waals surface area contributed by atoms with Crippen LogP contribution in [0.3, 0.4) is 0 Å².